The number of hydrogen-bond acceptors (Lipinski definition) is 16. The summed E-state index contributed by atoms with van der Waals surface area (Å²) in [4.78, 5) is 52.1. The van der Waals surface area contributed by atoms with Gasteiger partial charge in [0.1, 0.15) is 47.0 Å². The fourth-order valence-electron chi connectivity index (χ4n) is 5.90. The van der Waals surface area contributed by atoms with Crippen molar-refractivity contribution in [1.82, 2.24) is 44.4 Å². The molecule has 0 saturated carbocycles. The molecule has 2 aliphatic heterocycles. The SMILES string of the molecule is C1COCCN1.CCOC(=O)Cn1cnc2c(-c3cccc(O)c3)nc(Cl)nc21.CCOC(=O)Cn1cnc2c(-c3cccc(O)c3)nc(N3CCOCC3)nc21. The fraction of sp³-hybridized carbons (Fsp3) is 0.368. The van der Waals surface area contributed by atoms with Crippen molar-refractivity contribution in [3.8, 4) is 34.0 Å². The number of esters is 2. The Morgan fingerprint density at radius 3 is 1.72 bits per heavy atom. The number of nitrogens with zero attached hydrogens (tertiary/aromatic N) is 9. The van der Waals surface area contributed by atoms with Crippen LogP contribution in [0.1, 0.15) is 13.8 Å². The van der Waals surface area contributed by atoms with E-state index in [0.717, 1.165) is 31.9 Å². The van der Waals surface area contributed by atoms with Crippen LogP contribution in [0.2, 0.25) is 5.28 Å². The molecular formula is C38H43ClN10O8. The number of nitrogens with one attached hydrogen (secondary N) is 1. The van der Waals surface area contributed by atoms with Crippen LogP contribution in [0, 0.1) is 0 Å². The number of morpholine rings is 2. The first kappa shape index (κ1) is 40.7. The Balaban J connectivity index is 0.000000170. The molecule has 57 heavy (non-hydrogen) atoms. The second-order valence-corrected chi connectivity index (χ2v) is 12.8. The number of aromatic hydroxyl groups is 2. The average molecular weight is 803 g/mol. The lowest BCUT2D eigenvalue weighted by molar-refractivity contribution is -0.144. The second kappa shape index (κ2) is 19.8. The van der Waals surface area contributed by atoms with Crippen molar-refractivity contribution in [2.75, 3.05) is 70.7 Å². The number of carbonyl (C=O) groups is 2. The molecule has 3 N–H and O–H groups in total. The highest BCUT2D eigenvalue weighted by molar-refractivity contribution is 6.28. The van der Waals surface area contributed by atoms with Crippen molar-refractivity contribution in [1.29, 1.82) is 0 Å². The molecule has 0 atom stereocenters. The minimum absolute atomic E-state index is 0.0167. The van der Waals surface area contributed by atoms with Crippen LogP contribution in [0.5, 0.6) is 11.5 Å². The summed E-state index contributed by atoms with van der Waals surface area (Å²) in [5.41, 5.74) is 4.49. The van der Waals surface area contributed by atoms with Crippen LogP contribution in [0.15, 0.2) is 61.2 Å². The molecule has 0 spiro atoms. The van der Waals surface area contributed by atoms with Gasteiger partial charge in [0.25, 0.3) is 0 Å². The summed E-state index contributed by atoms with van der Waals surface area (Å²) in [7, 11) is 0. The van der Waals surface area contributed by atoms with Crippen LogP contribution in [-0.4, -0.2) is 127 Å². The highest BCUT2D eigenvalue weighted by Crippen LogP contribution is 2.30. The van der Waals surface area contributed by atoms with Crippen LogP contribution >= 0.6 is 11.6 Å². The molecule has 0 unspecified atom stereocenters. The molecule has 4 aromatic heterocycles. The van der Waals surface area contributed by atoms with Gasteiger partial charge < -0.3 is 48.5 Å². The van der Waals surface area contributed by atoms with Gasteiger partial charge in [-0.3, -0.25) is 9.59 Å². The van der Waals surface area contributed by atoms with Crippen molar-refractivity contribution in [3.63, 3.8) is 0 Å². The van der Waals surface area contributed by atoms with Crippen molar-refractivity contribution in [2.45, 2.75) is 26.9 Å². The Labute approximate surface area is 332 Å². The lowest BCUT2D eigenvalue weighted by Crippen LogP contribution is -2.37. The number of phenols is 2. The number of aromatic nitrogens is 8. The Hall–Kier alpha value is -5.95. The zero-order valence-corrected chi connectivity index (χ0v) is 32.3. The third-order valence-corrected chi connectivity index (χ3v) is 8.65. The zero-order valence-electron chi connectivity index (χ0n) is 31.5. The van der Waals surface area contributed by atoms with Gasteiger partial charge in [-0.2, -0.15) is 9.97 Å². The van der Waals surface area contributed by atoms with Gasteiger partial charge in [-0.25, -0.2) is 19.9 Å². The number of anilines is 1. The van der Waals surface area contributed by atoms with Gasteiger partial charge in [-0.15, -0.1) is 0 Å². The van der Waals surface area contributed by atoms with E-state index in [4.69, 9.17) is 35.5 Å². The van der Waals surface area contributed by atoms with Gasteiger partial charge in [0.05, 0.1) is 52.3 Å². The summed E-state index contributed by atoms with van der Waals surface area (Å²) >= 11 is 6.00. The minimum Gasteiger partial charge on any atom is -0.508 e. The number of imidazole rings is 2. The topological polar surface area (TPSA) is 214 Å². The van der Waals surface area contributed by atoms with Crippen LogP contribution in [-0.2, 0) is 41.6 Å². The van der Waals surface area contributed by atoms with Gasteiger partial charge in [-0.05, 0) is 49.7 Å². The number of benzene rings is 2. The highest BCUT2D eigenvalue weighted by Gasteiger charge is 2.21. The van der Waals surface area contributed by atoms with Gasteiger partial charge in [0.2, 0.25) is 11.2 Å². The molecule has 19 heteroatoms. The van der Waals surface area contributed by atoms with Gasteiger partial charge in [0, 0.05) is 37.3 Å². The van der Waals surface area contributed by atoms with E-state index in [-0.39, 0.29) is 41.8 Å². The first-order chi connectivity index (χ1) is 27.7. The molecule has 2 aliphatic rings. The summed E-state index contributed by atoms with van der Waals surface area (Å²) in [6.45, 7) is 10.5. The van der Waals surface area contributed by atoms with Gasteiger partial charge in [-0.1, -0.05) is 24.3 Å². The van der Waals surface area contributed by atoms with E-state index in [2.05, 4.69) is 30.2 Å². The summed E-state index contributed by atoms with van der Waals surface area (Å²) < 4.78 is 23.6. The maximum atomic E-state index is 12.0. The van der Waals surface area contributed by atoms with E-state index in [1.54, 1.807) is 71.8 Å². The van der Waals surface area contributed by atoms with E-state index in [9.17, 15) is 19.8 Å². The fourth-order valence-corrected chi connectivity index (χ4v) is 6.07. The normalized spacial score (nSPS) is 14.0. The molecule has 0 bridgehead atoms. The maximum absolute atomic E-state index is 12.0. The lowest BCUT2D eigenvalue weighted by atomic mass is 10.1. The summed E-state index contributed by atoms with van der Waals surface area (Å²) in [5.74, 6) is 0.0481. The van der Waals surface area contributed by atoms with Crippen LogP contribution < -0.4 is 10.2 Å². The Morgan fingerprint density at radius 2 is 1.25 bits per heavy atom. The number of hydrogen-bond donors (Lipinski definition) is 3. The number of fused-ring (bicyclic) bond motifs is 2. The predicted molar refractivity (Wildman–Crippen MR) is 210 cm³/mol. The number of ether oxygens (including phenoxy) is 4. The molecule has 0 aliphatic carbocycles. The summed E-state index contributed by atoms with van der Waals surface area (Å²) in [5, 5.41) is 22.7. The largest absolute Gasteiger partial charge is 0.508 e. The first-order valence-corrected chi connectivity index (χ1v) is 18.7. The molecule has 8 rings (SSSR count). The molecule has 6 aromatic rings. The quantitative estimate of drug-likeness (QED) is 0.141. The third kappa shape index (κ3) is 10.7. The van der Waals surface area contributed by atoms with Crippen LogP contribution in [0.3, 0.4) is 0 Å². The zero-order chi connectivity index (χ0) is 40.1. The predicted octanol–water partition coefficient (Wildman–Crippen LogP) is 3.62. The van der Waals surface area contributed by atoms with Crippen molar-refractivity contribution in [2.24, 2.45) is 0 Å². The molecule has 2 fully saturated rings. The molecule has 0 amide bonds. The number of rotatable bonds is 9. The van der Waals surface area contributed by atoms with Crippen LogP contribution in [0.4, 0.5) is 5.95 Å². The van der Waals surface area contributed by atoms with E-state index < -0.39 is 0 Å². The second-order valence-electron chi connectivity index (χ2n) is 12.5. The monoisotopic (exact) mass is 802 g/mol. The molecule has 2 saturated heterocycles. The Morgan fingerprint density at radius 1 is 0.737 bits per heavy atom. The third-order valence-electron chi connectivity index (χ3n) is 8.48. The molecular weight excluding hydrogens is 760 g/mol. The van der Waals surface area contributed by atoms with Gasteiger partial charge in [0.15, 0.2) is 11.3 Å². The van der Waals surface area contributed by atoms with Crippen molar-refractivity contribution >= 4 is 51.8 Å². The molecule has 6 heterocycles. The van der Waals surface area contributed by atoms with E-state index >= 15 is 0 Å². The average Bonchev–Trinajstić information content (AvgIpc) is 3.82. The maximum Gasteiger partial charge on any atom is 0.326 e. The molecule has 300 valence electrons. The lowest BCUT2D eigenvalue weighted by Gasteiger charge is -2.27. The molecule has 0 radical (unpaired) electrons. The van der Waals surface area contributed by atoms with Crippen molar-refractivity contribution < 1.29 is 38.7 Å². The first-order valence-electron chi connectivity index (χ1n) is 18.4. The smallest absolute Gasteiger partial charge is 0.326 e. The van der Waals surface area contributed by atoms with E-state index in [1.807, 2.05) is 11.0 Å². The van der Waals surface area contributed by atoms with Crippen LogP contribution in [0.25, 0.3) is 44.8 Å². The highest BCUT2D eigenvalue weighted by atomic mass is 35.5. The van der Waals surface area contributed by atoms with E-state index in [1.165, 1.54) is 6.33 Å². The Bertz CT molecular complexity index is 2280. The summed E-state index contributed by atoms with van der Waals surface area (Å²) in [6.07, 6.45) is 3.05. The molecule has 18 nitrogen and oxygen atoms in total. The van der Waals surface area contributed by atoms with Crippen molar-refractivity contribution in [3.05, 3.63) is 66.5 Å². The Kier molecular flexibility index (Phi) is 14.1. The number of carbonyl (C=O) groups excluding carboxylic acids is 2. The number of halogens is 1. The van der Waals surface area contributed by atoms with E-state index in [0.29, 0.717) is 84.7 Å². The minimum atomic E-state index is -0.388. The summed E-state index contributed by atoms with van der Waals surface area (Å²) in [6, 6.07) is 13.4. The molecule has 2 aromatic carbocycles. The standard InChI is InChI=1S/C19H21N5O4.C15H13ClN4O3.C4H9NO/c1-2-28-15(26)11-24-12-20-17-16(13-4-3-5-14(25)10-13)21-19(22-18(17)24)23-6-8-27-9-7-23;1-2-23-11(22)7-20-8-17-13-12(18-15(16)19-14(13)20)9-4-3-5-10(21)6-9;1-3-6-4-2-5-1/h3-5,10,12,25H,2,6-9,11H2,1H3;3-6,8,21H,2,7H2,1H3;5H,1-4H2. The van der Waals surface area contributed by atoms with Gasteiger partial charge >= 0.3 is 11.9 Å². The number of phenolic OH excluding ortho intramolecular Hbond substituents is 2.